The highest BCUT2D eigenvalue weighted by Gasteiger charge is 2.29. The molecule has 0 saturated heterocycles. The summed E-state index contributed by atoms with van der Waals surface area (Å²) in [6.07, 6.45) is 0. The first-order chi connectivity index (χ1) is 7.70. The summed E-state index contributed by atoms with van der Waals surface area (Å²) in [5.41, 5.74) is 0. The second kappa shape index (κ2) is 6.89. The Labute approximate surface area is 105 Å². The van der Waals surface area contributed by atoms with Gasteiger partial charge in [0.25, 0.3) is 4.70 Å². The standard InChI is InChI=1S/C12H17BrO3/c1-3-14-10-12(13,15-4-2)16-11-8-6-5-7-9-11/h5-9H,3-4,10H2,1-2H3. The zero-order valence-corrected chi connectivity index (χ0v) is 11.2. The molecule has 0 amide bonds. The van der Waals surface area contributed by atoms with Gasteiger partial charge >= 0.3 is 0 Å². The van der Waals surface area contributed by atoms with Gasteiger partial charge in [-0.25, -0.2) is 0 Å². The van der Waals surface area contributed by atoms with Crippen LogP contribution >= 0.6 is 15.9 Å². The SMILES string of the molecule is CCOCC(Br)(OCC)Oc1ccccc1. The van der Waals surface area contributed by atoms with Crippen LogP contribution in [-0.4, -0.2) is 24.5 Å². The normalized spacial score (nSPS) is 14.4. The Morgan fingerprint density at radius 2 is 1.81 bits per heavy atom. The van der Waals surface area contributed by atoms with E-state index in [1.807, 2.05) is 44.2 Å². The monoisotopic (exact) mass is 288 g/mol. The lowest BCUT2D eigenvalue weighted by molar-refractivity contribution is -0.139. The van der Waals surface area contributed by atoms with E-state index >= 15 is 0 Å². The Morgan fingerprint density at radius 1 is 1.12 bits per heavy atom. The van der Waals surface area contributed by atoms with Crippen molar-refractivity contribution in [3.63, 3.8) is 0 Å². The molecule has 0 bridgehead atoms. The molecule has 0 radical (unpaired) electrons. The van der Waals surface area contributed by atoms with Gasteiger partial charge < -0.3 is 14.2 Å². The average Bonchev–Trinajstić information content (AvgIpc) is 2.28. The quantitative estimate of drug-likeness (QED) is 0.570. The molecule has 0 aliphatic heterocycles. The molecular weight excluding hydrogens is 272 g/mol. The predicted octanol–water partition coefficient (Wildman–Crippen LogP) is 3.19. The number of halogens is 1. The number of rotatable bonds is 7. The van der Waals surface area contributed by atoms with Crippen LogP contribution in [0.3, 0.4) is 0 Å². The fraction of sp³-hybridized carbons (Fsp3) is 0.500. The van der Waals surface area contributed by atoms with Gasteiger partial charge in [0.1, 0.15) is 12.4 Å². The summed E-state index contributed by atoms with van der Waals surface area (Å²) in [4.78, 5) is 0. The molecule has 0 aromatic heterocycles. The summed E-state index contributed by atoms with van der Waals surface area (Å²) in [5, 5.41) is 0. The first-order valence-electron chi connectivity index (χ1n) is 5.35. The lowest BCUT2D eigenvalue weighted by Gasteiger charge is -2.27. The number of hydrogen-bond donors (Lipinski definition) is 0. The Balaban J connectivity index is 2.62. The van der Waals surface area contributed by atoms with E-state index in [0.717, 1.165) is 5.75 Å². The van der Waals surface area contributed by atoms with Crippen LogP contribution in [0.2, 0.25) is 0 Å². The number of para-hydroxylation sites is 1. The van der Waals surface area contributed by atoms with Crippen molar-refractivity contribution >= 4 is 15.9 Å². The number of hydrogen-bond acceptors (Lipinski definition) is 3. The maximum atomic E-state index is 5.71. The third kappa shape index (κ3) is 4.51. The predicted molar refractivity (Wildman–Crippen MR) is 66.8 cm³/mol. The molecule has 1 atom stereocenters. The first kappa shape index (κ1) is 13.5. The van der Waals surface area contributed by atoms with E-state index in [2.05, 4.69) is 15.9 Å². The van der Waals surface area contributed by atoms with Crippen LogP contribution in [0.15, 0.2) is 30.3 Å². The molecule has 90 valence electrons. The van der Waals surface area contributed by atoms with Crippen LogP contribution in [0.5, 0.6) is 5.75 Å². The Hall–Kier alpha value is -0.580. The van der Waals surface area contributed by atoms with Crippen LogP contribution in [0, 0.1) is 0 Å². The van der Waals surface area contributed by atoms with E-state index in [1.54, 1.807) is 0 Å². The van der Waals surface area contributed by atoms with Gasteiger partial charge in [0.15, 0.2) is 0 Å². The zero-order valence-electron chi connectivity index (χ0n) is 9.61. The van der Waals surface area contributed by atoms with E-state index in [-0.39, 0.29) is 0 Å². The molecule has 0 saturated carbocycles. The lowest BCUT2D eigenvalue weighted by Crippen LogP contribution is -2.37. The smallest absolute Gasteiger partial charge is 0.291 e. The molecule has 0 spiro atoms. The first-order valence-corrected chi connectivity index (χ1v) is 6.14. The van der Waals surface area contributed by atoms with E-state index in [1.165, 1.54) is 0 Å². The summed E-state index contributed by atoms with van der Waals surface area (Å²) in [6.45, 7) is 5.36. The fourth-order valence-electron chi connectivity index (χ4n) is 1.20. The van der Waals surface area contributed by atoms with Crippen LogP contribution in [0.4, 0.5) is 0 Å². The molecule has 0 N–H and O–H groups in total. The zero-order chi connectivity index (χ0) is 11.9. The van der Waals surface area contributed by atoms with Gasteiger partial charge in [0.2, 0.25) is 0 Å². The minimum atomic E-state index is -0.904. The summed E-state index contributed by atoms with van der Waals surface area (Å²) < 4.78 is 15.6. The minimum Gasteiger partial charge on any atom is -0.450 e. The second-order valence-corrected chi connectivity index (χ2v) is 4.35. The Morgan fingerprint density at radius 3 is 2.38 bits per heavy atom. The van der Waals surface area contributed by atoms with Gasteiger partial charge in [-0.05, 0) is 41.9 Å². The summed E-state index contributed by atoms with van der Waals surface area (Å²) >= 11 is 3.41. The molecule has 1 rings (SSSR count). The van der Waals surface area contributed by atoms with Gasteiger partial charge in [-0.1, -0.05) is 18.2 Å². The minimum absolute atomic E-state index is 0.340. The molecular formula is C12H17BrO3. The molecule has 0 aliphatic carbocycles. The average molecular weight is 289 g/mol. The molecule has 3 nitrogen and oxygen atoms in total. The van der Waals surface area contributed by atoms with Gasteiger partial charge in [-0.15, -0.1) is 0 Å². The maximum absolute atomic E-state index is 5.71. The third-order valence-corrected chi connectivity index (χ3v) is 2.47. The third-order valence-electron chi connectivity index (χ3n) is 1.85. The Bertz CT molecular complexity index is 292. The van der Waals surface area contributed by atoms with Crippen molar-refractivity contribution in [1.82, 2.24) is 0 Å². The van der Waals surface area contributed by atoms with Crippen molar-refractivity contribution in [2.75, 3.05) is 19.8 Å². The number of benzene rings is 1. The summed E-state index contributed by atoms with van der Waals surface area (Å²) in [7, 11) is 0. The van der Waals surface area contributed by atoms with Gasteiger partial charge in [0.05, 0.1) is 0 Å². The van der Waals surface area contributed by atoms with E-state index in [4.69, 9.17) is 14.2 Å². The second-order valence-electron chi connectivity index (χ2n) is 3.15. The molecule has 0 aliphatic rings. The summed E-state index contributed by atoms with van der Waals surface area (Å²) in [5.74, 6) is 0.743. The van der Waals surface area contributed by atoms with Gasteiger partial charge in [-0.2, -0.15) is 0 Å². The van der Waals surface area contributed by atoms with Crippen LogP contribution in [-0.2, 0) is 9.47 Å². The van der Waals surface area contributed by atoms with Crippen molar-refractivity contribution in [3.05, 3.63) is 30.3 Å². The van der Waals surface area contributed by atoms with Gasteiger partial charge in [0, 0.05) is 13.2 Å². The highest BCUT2D eigenvalue weighted by Crippen LogP contribution is 2.25. The topological polar surface area (TPSA) is 27.7 Å². The van der Waals surface area contributed by atoms with Crippen molar-refractivity contribution in [1.29, 1.82) is 0 Å². The van der Waals surface area contributed by atoms with Crippen LogP contribution in [0.25, 0.3) is 0 Å². The van der Waals surface area contributed by atoms with Crippen molar-refractivity contribution in [2.24, 2.45) is 0 Å². The molecule has 1 unspecified atom stereocenters. The van der Waals surface area contributed by atoms with Crippen molar-refractivity contribution in [3.8, 4) is 5.75 Å². The fourth-order valence-corrected chi connectivity index (χ4v) is 1.78. The number of alkyl halides is 1. The van der Waals surface area contributed by atoms with Gasteiger partial charge in [-0.3, -0.25) is 0 Å². The molecule has 4 heteroatoms. The molecule has 1 aromatic rings. The van der Waals surface area contributed by atoms with Crippen molar-refractivity contribution < 1.29 is 14.2 Å². The van der Waals surface area contributed by atoms with E-state index in [9.17, 15) is 0 Å². The van der Waals surface area contributed by atoms with E-state index < -0.39 is 4.70 Å². The lowest BCUT2D eigenvalue weighted by atomic mass is 10.3. The van der Waals surface area contributed by atoms with E-state index in [0.29, 0.717) is 19.8 Å². The molecule has 0 heterocycles. The highest BCUT2D eigenvalue weighted by molar-refractivity contribution is 9.10. The molecule has 16 heavy (non-hydrogen) atoms. The summed E-state index contributed by atoms with van der Waals surface area (Å²) in [6, 6.07) is 9.51. The highest BCUT2D eigenvalue weighted by atomic mass is 79.9. The molecule has 1 aromatic carbocycles. The number of ether oxygens (including phenoxy) is 3. The largest absolute Gasteiger partial charge is 0.450 e. The van der Waals surface area contributed by atoms with Crippen LogP contribution < -0.4 is 4.74 Å². The molecule has 0 fully saturated rings. The van der Waals surface area contributed by atoms with Crippen molar-refractivity contribution in [2.45, 2.75) is 18.5 Å². The van der Waals surface area contributed by atoms with Crippen LogP contribution in [0.1, 0.15) is 13.8 Å². The maximum Gasteiger partial charge on any atom is 0.291 e. The Kier molecular flexibility index (Phi) is 5.80.